The summed E-state index contributed by atoms with van der Waals surface area (Å²) in [5.74, 6) is 0.145. The van der Waals surface area contributed by atoms with Gasteiger partial charge in [-0.2, -0.15) is 0 Å². The van der Waals surface area contributed by atoms with E-state index in [0.717, 1.165) is 12.0 Å². The molecule has 0 bridgehead atoms. The number of Topliss-reactive ketones (excluding diaryl/α,β-unsaturated/α-hetero) is 1. The van der Waals surface area contributed by atoms with Crippen molar-refractivity contribution in [3.8, 4) is 0 Å². The average Bonchev–Trinajstić information content (AvgIpc) is 2.17. The average molecular weight is 353 g/mol. The van der Waals surface area contributed by atoms with Crippen molar-refractivity contribution in [1.82, 2.24) is 0 Å². The highest BCUT2D eigenvalue weighted by atomic mass is 127. The molecule has 0 spiro atoms. The van der Waals surface area contributed by atoms with Crippen LogP contribution in [0.15, 0.2) is 18.2 Å². The van der Waals surface area contributed by atoms with Crippen molar-refractivity contribution < 1.29 is 4.79 Å². The number of halogens is 2. The van der Waals surface area contributed by atoms with Gasteiger partial charge in [0.25, 0.3) is 0 Å². The first-order valence-corrected chi connectivity index (χ1v) is 6.26. The summed E-state index contributed by atoms with van der Waals surface area (Å²) in [7, 11) is 0. The van der Waals surface area contributed by atoms with Crippen LogP contribution in [-0.2, 0) is 6.42 Å². The van der Waals surface area contributed by atoms with Crippen LogP contribution in [-0.4, -0.2) is 11.1 Å². The third kappa shape index (κ3) is 2.77. The summed E-state index contributed by atoms with van der Waals surface area (Å²) in [6, 6.07) is 5.85. The van der Waals surface area contributed by atoms with E-state index in [1.165, 1.54) is 9.13 Å². The zero-order valence-electron chi connectivity index (χ0n) is 7.31. The van der Waals surface area contributed by atoms with Crippen LogP contribution in [0.4, 0.5) is 0 Å². The monoisotopic (exact) mass is 352 g/mol. The molecule has 0 fully saturated rings. The minimum atomic E-state index is 0.145. The van der Waals surface area contributed by atoms with Gasteiger partial charge in [0, 0.05) is 9.13 Å². The molecule has 0 amide bonds. The van der Waals surface area contributed by atoms with Crippen molar-refractivity contribution >= 4 is 44.3 Å². The molecule has 70 valence electrons. The minimum Gasteiger partial charge on any atom is -0.293 e. The quantitative estimate of drug-likeness (QED) is 0.462. The topological polar surface area (TPSA) is 17.1 Å². The summed E-state index contributed by atoms with van der Waals surface area (Å²) in [5.41, 5.74) is 2.04. The number of hydrogen-bond donors (Lipinski definition) is 0. The maximum atomic E-state index is 11.3. The Bertz CT molecular complexity index is 323. The van der Waals surface area contributed by atoms with Gasteiger partial charge in [0.2, 0.25) is 0 Å². The second-order valence-corrected chi connectivity index (χ2v) is 4.44. The van der Waals surface area contributed by atoms with E-state index in [1.807, 2.05) is 18.2 Å². The number of hydrogen-bond acceptors (Lipinski definition) is 1. The van der Waals surface area contributed by atoms with Crippen molar-refractivity contribution in [2.45, 2.75) is 13.3 Å². The molecule has 0 radical (unpaired) electrons. The van der Waals surface area contributed by atoms with E-state index in [2.05, 4.69) is 45.4 Å². The van der Waals surface area contributed by atoms with Gasteiger partial charge in [-0.1, -0.05) is 28.9 Å². The SMILES string of the molecule is CCc1cc(C(=O)CBr)ccc1I. The molecule has 0 aliphatic carbocycles. The molecule has 1 aromatic carbocycles. The van der Waals surface area contributed by atoms with Crippen LogP contribution in [0.25, 0.3) is 0 Å². The van der Waals surface area contributed by atoms with Crippen LogP contribution in [0.1, 0.15) is 22.8 Å². The molecule has 0 saturated carbocycles. The van der Waals surface area contributed by atoms with E-state index in [-0.39, 0.29) is 5.78 Å². The summed E-state index contributed by atoms with van der Waals surface area (Å²) in [6.45, 7) is 2.10. The van der Waals surface area contributed by atoms with E-state index >= 15 is 0 Å². The maximum absolute atomic E-state index is 11.3. The minimum absolute atomic E-state index is 0.145. The van der Waals surface area contributed by atoms with Gasteiger partial charge in [-0.3, -0.25) is 4.79 Å². The number of carbonyl (C=O) groups excluding carboxylic acids is 1. The predicted octanol–water partition coefficient (Wildman–Crippen LogP) is 3.43. The number of rotatable bonds is 3. The van der Waals surface area contributed by atoms with Crippen molar-refractivity contribution in [1.29, 1.82) is 0 Å². The van der Waals surface area contributed by atoms with E-state index in [0.29, 0.717) is 5.33 Å². The number of aryl methyl sites for hydroxylation is 1. The van der Waals surface area contributed by atoms with Crippen LogP contribution in [0.5, 0.6) is 0 Å². The van der Waals surface area contributed by atoms with Crippen LogP contribution in [0.3, 0.4) is 0 Å². The van der Waals surface area contributed by atoms with E-state index < -0.39 is 0 Å². The fourth-order valence-corrected chi connectivity index (χ4v) is 2.14. The summed E-state index contributed by atoms with van der Waals surface area (Å²) in [4.78, 5) is 11.3. The van der Waals surface area contributed by atoms with Crippen molar-refractivity contribution in [2.24, 2.45) is 0 Å². The van der Waals surface area contributed by atoms with Gasteiger partial charge >= 0.3 is 0 Å². The Morgan fingerprint density at radius 1 is 1.54 bits per heavy atom. The summed E-state index contributed by atoms with van der Waals surface area (Å²) >= 11 is 5.45. The Morgan fingerprint density at radius 2 is 2.23 bits per heavy atom. The molecule has 0 atom stereocenters. The maximum Gasteiger partial charge on any atom is 0.173 e. The van der Waals surface area contributed by atoms with Gasteiger partial charge in [0.05, 0.1) is 5.33 Å². The number of ketones is 1. The normalized spacial score (nSPS) is 10.1. The predicted molar refractivity (Wildman–Crippen MR) is 66.7 cm³/mol. The first-order valence-electron chi connectivity index (χ1n) is 4.06. The molecular weight excluding hydrogens is 343 g/mol. The second-order valence-electron chi connectivity index (χ2n) is 2.72. The smallest absolute Gasteiger partial charge is 0.173 e. The van der Waals surface area contributed by atoms with Crippen LogP contribution in [0, 0.1) is 3.57 Å². The molecule has 0 aliphatic rings. The third-order valence-corrected chi connectivity index (χ3v) is 3.43. The highest BCUT2D eigenvalue weighted by Crippen LogP contribution is 2.15. The van der Waals surface area contributed by atoms with Gasteiger partial charge < -0.3 is 0 Å². The number of benzene rings is 1. The first kappa shape index (κ1) is 11.2. The van der Waals surface area contributed by atoms with Gasteiger partial charge in [0.15, 0.2) is 5.78 Å². The Labute approximate surface area is 100 Å². The Kier molecular flexibility index (Phi) is 4.38. The highest BCUT2D eigenvalue weighted by Gasteiger charge is 2.05. The van der Waals surface area contributed by atoms with E-state index in [9.17, 15) is 4.79 Å². The van der Waals surface area contributed by atoms with Gasteiger partial charge in [-0.05, 0) is 46.7 Å². The lowest BCUT2D eigenvalue weighted by Gasteiger charge is -2.03. The Balaban J connectivity index is 3.06. The molecule has 1 aromatic rings. The lowest BCUT2D eigenvalue weighted by Crippen LogP contribution is -2.01. The molecule has 0 saturated heterocycles. The van der Waals surface area contributed by atoms with Crippen molar-refractivity contribution in [3.05, 3.63) is 32.9 Å². The van der Waals surface area contributed by atoms with E-state index in [4.69, 9.17) is 0 Å². The highest BCUT2D eigenvalue weighted by molar-refractivity contribution is 14.1. The molecule has 1 rings (SSSR count). The molecule has 3 heteroatoms. The first-order chi connectivity index (χ1) is 6.19. The van der Waals surface area contributed by atoms with Gasteiger partial charge in [-0.25, -0.2) is 0 Å². The lowest BCUT2D eigenvalue weighted by atomic mass is 10.1. The van der Waals surface area contributed by atoms with Gasteiger partial charge in [-0.15, -0.1) is 0 Å². The summed E-state index contributed by atoms with van der Waals surface area (Å²) in [6.07, 6.45) is 0.974. The zero-order valence-corrected chi connectivity index (χ0v) is 11.1. The lowest BCUT2D eigenvalue weighted by molar-refractivity contribution is 0.102. The number of alkyl halides is 1. The molecule has 1 nitrogen and oxygen atoms in total. The largest absolute Gasteiger partial charge is 0.293 e. The molecule has 0 heterocycles. The third-order valence-electron chi connectivity index (χ3n) is 1.87. The van der Waals surface area contributed by atoms with Crippen molar-refractivity contribution in [3.63, 3.8) is 0 Å². The van der Waals surface area contributed by atoms with Gasteiger partial charge in [0.1, 0.15) is 0 Å². The Hall–Kier alpha value is 0.100. The van der Waals surface area contributed by atoms with Crippen molar-refractivity contribution in [2.75, 3.05) is 5.33 Å². The summed E-state index contributed by atoms with van der Waals surface area (Å²) in [5, 5.41) is 0.400. The molecule has 0 N–H and O–H groups in total. The molecule has 0 aliphatic heterocycles. The van der Waals surface area contributed by atoms with E-state index in [1.54, 1.807) is 0 Å². The fraction of sp³-hybridized carbons (Fsp3) is 0.300. The van der Waals surface area contributed by atoms with Crippen LogP contribution < -0.4 is 0 Å². The Morgan fingerprint density at radius 3 is 2.77 bits per heavy atom. The molecular formula is C10H10BrIO. The fourth-order valence-electron chi connectivity index (χ4n) is 1.10. The summed E-state index contributed by atoms with van der Waals surface area (Å²) < 4.78 is 1.23. The van der Waals surface area contributed by atoms with Crippen LogP contribution in [0.2, 0.25) is 0 Å². The number of carbonyl (C=O) groups is 1. The standard InChI is InChI=1S/C10H10BrIO/c1-2-7-5-8(10(13)6-11)3-4-9(7)12/h3-5H,2,6H2,1H3. The molecule has 0 aromatic heterocycles. The van der Waals surface area contributed by atoms with Crippen LogP contribution >= 0.6 is 38.5 Å². The molecule has 0 unspecified atom stereocenters. The zero-order chi connectivity index (χ0) is 9.84. The second kappa shape index (κ2) is 5.10. The molecule has 13 heavy (non-hydrogen) atoms.